The fraction of sp³-hybridized carbons (Fsp3) is 0.632. The molecule has 6 heteroatoms. The Balaban J connectivity index is 1.33. The van der Waals surface area contributed by atoms with Crippen LogP contribution < -0.4 is 4.74 Å². The van der Waals surface area contributed by atoms with Crippen LogP contribution in [0.5, 0.6) is 5.75 Å². The summed E-state index contributed by atoms with van der Waals surface area (Å²) in [6, 6.07) is 6.77. The van der Waals surface area contributed by atoms with Gasteiger partial charge in [-0.1, -0.05) is 0 Å². The molecule has 0 bridgehead atoms. The van der Waals surface area contributed by atoms with Crippen LogP contribution in [0.25, 0.3) is 0 Å². The lowest BCUT2D eigenvalue weighted by Crippen LogP contribution is -2.46. The highest BCUT2D eigenvalue weighted by Crippen LogP contribution is 2.21. The van der Waals surface area contributed by atoms with E-state index >= 15 is 0 Å². The van der Waals surface area contributed by atoms with Gasteiger partial charge >= 0.3 is 6.03 Å². The van der Waals surface area contributed by atoms with E-state index in [1.54, 1.807) is 12.1 Å². The molecule has 0 saturated carbocycles. The van der Waals surface area contributed by atoms with E-state index in [9.17, 15) is 9.18 Å². The highest BCUT2D eigenvalue weighted by atomic mass is 19.1. The van der Waals surface area contributed by atoms with E-state index in [1.165, 1.54) is 12.1 Å². The van der Waals surface area contributed by atoms with Crippen LogP contribution in [-0.2, 0) is 0 Å². The van der Waals surface area contributed by atoms with Crippen molar-refractivity contribution < 1.29 is 13.9 Å². The monoisotopic (exact) mass is 349 g/mol. The van der Waals surface area contributed by atoms with Gasteiger partial charge in [-0.3, -0.25) is 0 Å². The van der Waals surface area contributed by atoms with E-state index in [2.05, 4.69) is 9.80 Å². The number of benzene rings is 1. The number of amides is 2. The summed E-state index contributed by atoms with van der Waals surface area (Å²) in [5.41, 5.74) is 0. The molecule has 0 radical (unpaired) electrons. The van der Waals surface area contributed by atoms with Crippen LogP contribution in [0.15, 0.2) is 24.3 Å². The lowest BCUT2D eigenvalue weighted by Gasteiger charge is -2.36. The van der Waals surface area contributed by atoms with Crippen molar-refractivity contribution in [3.05, 3.63) is 30.1 Å². The number of rotatable bonds is 7. The van der Waals surface area contributed by atoms with Crippen molar-refractivity contribution in [1.82, 2.24) is 14.7 Å². The Labute approximate surface area is 149 Å². The molecule has 0 aliphatic carbocycles. The predicted molar refractivity (Wildman–Crippen MR) is 95.3 cm³/mol. The summed E-state index contributed by atoms with van der Waals surface area (Å²) in [6.07, 6.45) is 3.07. The van der Waals surface area contributed by atoms with Crippen LogP contribution in [0, 0.1) is 5.82 Å². The molecule has 5 nitrogen and oxygen atoms in total. The second-order valence-electron chi connectivity index (χ2n) is 6.78. The average molecular weight is 349 g/mol. The third kappa shape index (κ3) is 4.63. The lowest BCUT2D eigenvalue weighted by molar-refractivity contribution is 0.126. The minimum atomic E-state index is -0.242. The molecule has 1 aromatic carbocycles. The standard InChI is InChI=1S/C19H28FN3O2/c1-2-22-13-14-23(19(22)24)17-8-11-21(12-9-17)10-3-15-25-18-6-4-16(20)5-7-18/h4-7,17H,2-3,8-15H2,1H3. The van der Waals surface area contributed by atoms with Gasteiger partial charge in [0.1, 0.15) is 11.6 Å². The molecule has 2 heterocycles. The van der Waals surface area contributed by atoms with Gasteiger partial charge in [-0.15, -0.1) is 0 Å². The lowest BCUT2D eigenvalue weighted by atomic mass is 10.0. The molecular formula is C19H28FN3O2. The Morgan fingerprint density at radius 1 is 1.12 bits per heavy atom. The van der Waals surface area contributed by atoms with Crippen molar-refractivity contribution in [1.29, 1.82) is 0 Å². The summed E-state index contributed by atoms with van der Waals surface area (Å²) < 4.78 is 18.5. The molecule has 0 unspecified atom stereocenters. The highest BCUT2D eigenvalue weighted by molar-refractivity contribution is 5.76. The summed E-state index contributed by atoms with van der Waals surface area (Å²) in [4.78, 5) is 18.7. The smallest absolute Gasteiger partial charge is 0.320 e. The van der Waals surface area contributed by atoms with E-state index in [0.29, 0.717) is 18.4 Å². The van der Waals surface area contributed by atoms with Crippen molar-refractivity contribution in [2.75, 3.05) is 45.9 Å². The molecule has 3 rings (SSSR count). The van der Waals surface area contributed by atoms with Gasteiger partial charge in [0, 0.05) is 45.3 Å². The van der Waals surface area contributed by atoms with E-state index in [-0.39, 0.29) is 11.8 Å². The number of carbonyl (C=O) groups is 1. The first kappa shape index (κ1) is 18.0. The Kier molecular flexibility index (Phi) is 6.13. The number of urea groups is 1. The van der Waals surface area contributed by atoms with Crippen molar-refractivity contribution in [3.8, 4) is 5.75 Å². The number of hydrogen-bond donors (Lipinski definition) is 0. The zero-order valence-electron chi connectivity index (χ0n) is 15.0. The van der Waals surface area contributed by atoms with Gasteiger partial charge in [0.2, 0.25) is 0 Å². The molecule has 2 aliphatic rings. The van der Waals surface area contributed by atoms with Gasteiger partial charge < -0.3 is 19.4 Å². The number of carbonyl (C=O) groups excluding carboxylic acids is 1. The normalized spacial score (nSPS) is 19.7. The number of ether oxygens (including phenoxy) is 1. The van der Waals surface area contributed by atoms with Crippen LogP contribution in [0.4, 0.5) is 9.18 Å². The SMILES string of the molecule is CCN1CCN(C2CCN(CCCOc3ccc(F)cc3)CC2)C1=O. The second-order valence-corrected chi connectivity index (χ2v) is 6.78. The van der Waals surface area contributed by atoms with Crippen molar-refractivity contribution in [3.63, 3.8) is 0 Å². The number of likely N-dealkylation sites (N-methyl/N-ethyl adjacent to an activating group) is 1. The third-order valence-corrected chi connectivity index (χ3v) is 5.21. The van der Waals surface area contributed by atoms with Crippen molar-refractivity contribution in [2.24, 2.45) is 0 Å². The maximum atomic E-state index is 12.8. The fourth-order valence-corrected chi connectivity index (χ4v) is 3.70. The summed E-state index contributed by atoms with van der Waals surface area (Å²) in [7, 11) is 0. The maximum absolute atomic E-state index is 12.8. The molecule has 1 aromatic rings. The van der Waals surface area contributed by atoms with Gasteiger partial charge in [0.05, 0.1) is 6.61 Å². The third-order valence-electron chi connectivity index (χ3n) is 5.21. The Hall–Kier alpha value is -1.82. The van der Waals surface area contributed by atoms with Gasteiger partial charge in [0.15, 0.2) is 0 Å². The average Bonchev–Trinajstić information content (AvgIpc) is 3.01. The van der Waals surface area contributed by atoms with Gasteiger partial charge in [0.25, 0.3) is 0 Å². The van der Waals surface area contributed by atoms with Gasteiger partial charge in [-0.25, -0.2) is 9.18 Å². The zero-order valence-corrected chi connectivity index (χ0v) is 15.0. The van der Waals surface area contributed by atoms with Crippen LogP contribution in [0.1, 0.15) is 26.2 Å². The van der Waals surface area contributed by atoms with E-state index in [0.717, 1.165) is 58.5 Å². The Bertz CT molecular complexity index is 558. The number of nitrogens with zero attached hydrogens (tertiary/aromatic N) is 3. The van der Waals surface area contributed by atoms with E-state index < -0.39 is 0 Å². The highest BCUT2D eigenvalue weighted by Gasteiger charge is 2.34. The number of halogens is 1. The minimum Gasteiger partial charge on any atom is -0.494 e. The molecule has 2 amide bonds. The summed E-state index contributed by atoms with van der Waals surface area (Å²) >= 11 is 0. The molecule has 25 heavy (non-hydrogen) atoms. The topological polar surface area (TPSA) is 36.0 Å². The molecule has 138 valence electrons. The van der Waals surface area contributed by atoms with Crippen LogP contribution in [-0.4, -0.2) is 72.6 Å². The van der Waals surface area contributed by atoms with Crippen LogP contribution in [0.3, 0.4) is 0 Å². The van der Waals surface area contributed by atoms with E-state index in [4.69, 9.17) is 4.74 Å². The first-order valence-corrected chi connectivity index (χ1v) is 9.33. The molecule has 0 atom stereocenters. The molecule has 0 spiro atoms. The Morgan fingerprint density at radius 2 is 1.84 bits per heavy atom. The molecule has 0 aromatic heterocycles. The summed E-state index contributed by atoms with van der Waals surface area (Å²) in [6.45, 7) is 8.32. The van der Waals surface area contributed by atoms with Crippen molar-refractivity contribution in [2.45, 2.75) is 32.2 Å². The molecule has 0 N–H and O–H groups in total. The number of hydrogen-bond acceptors (Lipinski definition) is 3. The quantitative estimate of drug-likeness (QED) is 0.710. The first-order valence-electron chi connectivity index (χ1n) is 9.33. The summed E-state index contributed by atoms with van der Waals surface area (Å²) in [5.74, 6) is 0.474. The van der Waals surface area contributed by atoms with Crippen LogP contribution in [0.2, 0.25) is 0 Å². The summed E-state index contributed by atoms with van der Waals surface area (Å²) in [5, 5.41) is 0. The van der Waals surface area contributed by atoms with Gasteiger partial charge in [-0.05, 0) is 50.5 Å². The van der Waals surface area contributed by atoms with Crippen molar-refractivity contribution >= 4 is 6.03 Å². The molecule has 2 saturated heterocycles. The molecule has 2 aliphatic heterocycles. The predicted octanol–water partition coefficient (Wildman–Crippen LogP) is 2.82. The largest absolute Gasteiger partial charge is 0.494 e. The number of piperidine rings is 1. The van der Waals surface area contributed by atoms with E-state index in [1.807, 2.05) is 11.8 Å². The first-order chi connectivity index (χ1) is 12.2. The zero-order chi connectivity index (χ0) is 17.6. The van der Waals surface area contributed by atoms with Crippen LogP contribution >= 0.6 is 0 Å². The fourth-order valence-electron chi connectivity index (χ4n) is 3.70. The van der Waals surface area contributed by atoms with Gasteiger partial charge in [-0.2, -0.15) is 0 Å². The second kappa shape index (κ2) is 8.52. The maximum Gasteiger partial charge on any atom is 0.320 e. The molecular weight excluding hydrogens is 321 g/mol. The minimum absolute atomic E-state index is 0.216. The molecule has 2 fully saturated rings. The number of likely N-dealkylation sites (tertiary alicyclic amines) is 1. The Morgan fingerprint density at radius 3 is 2.48 bits per heavy atom.